The number of aliphatic hydroxyl groups is 1. The zero-order chi connectivity index (χ0) is 27.0. The van der Waals surface area contributed by atoms with Crippen LogP contribution in [0.25, 0.3) is 0 Å². The van der Waals surface area contributed by atoms with E-state index in [1.54, 1.807) is 12.2 Å². The molecule has 7 aliphatic rings. The third-order valence-corrected chi connectivity index (χ3v) is 13.0. The molecule has 0 radical (unpaired) electrons. The van der Waals surface area contributed by atoms with Crippen molar-refractivity contribution in [2.24, 2.45) is 45.8 Å². The van der Waals surface area contributed by atoms with Crippen molar-refractivity contribution in [2.45, 2.75) is 97.1 Å². The van der Waals surface area contributed by atoms with Crippen LogP contribution in [0, 0.1) is 45.8 Å². The molecule has 0 amide bonds. The van der Waals surface area contributed by atoms with Crippen molar-refractivity contribution in [3.8, 4) is 0 Å². The molecule has 3 spiro atoms. The molecule has 4 saturated carbocycles. The number of fused-ring (bicyclic) bond motifs is 2. The number of carbonyl (C=O) groups is 3. The highest BCUT2D eigenvalue weighted by Gasteiger charge is 2.97. The summed E-state index contributed by atoms with van der Waals surface area (Å²) in [6.45, 7) is 10.2. The lowest BCUT2D eigenvalue weighted by molar-refractivity contribution is -0.153. The van der Waals surface area contributed by atoms with Gasteiger partial charge in [-0.05, 0) is 91.6 Å². The van der Waals surface area contributed by atoms with Crippen molar-refractivity contribution in [1.82, 2.24) is 0 Å². The van der Waals surface area contributed by atoms with Crippen LogP contribution in [0.15, 0.2) is 23.3 Å². The maximum Gasteiger partial charge on any atom is 0.337 e. The maximum atomic E-state index is 13.6. The lowest BCUT2D eigenvalue weighted by atomic mass is 9.49. The number of ketones is 1. The highest BCUT2D eigenvalue weighted by molar-refractivity contribution is 6.02. The predicted octanol–water partition coefficient (Wildman–Crippen LogP) is 3.92. The maximum absolute atomic E-state index is 13.6. The minimum Gasteiger partial charge on any atom is -0.461 e. The summed E-state index contributed by atoms with van der Waals surface area (Å²) in [6.07, 6.45) is 8.27. The van der Waals surface area contributed by atoms with E-state index in [2.05, 4.69) is 20.8 Å². The summed E-state index contributed by atoms with van der Waals surface area (Å²) in [5.74, 6) is 1.19. The number of rotatable bonds is 4. The third kappa shape index (κ3) is 2.62. The zero-order valence-electron chi connectivity index (χ0n) is 23.1. The number of esters is 2. The van der Waals surface area contributed by atoms with Gasteiger partial charge in [-0.15, -0.1) is 0 Å². The summed E-state index contributed by atoms with van der Waals surface area (Å²) in [4.78, 5) is 37.7. The molecular weight excluding hydrogens is 484 g/mol. The summed E-state index contributed by atoms with van der Waals surface area (Å²) >= 11 is 0. The average molecular weight is 525 g/mol. The molecule has 1 N–H and O–H groups in total. The lowest BCUT2D eigenvalue weighted by Gasteiger charge is -2.54. The van der Waals surface area contributed by atoms with E-state index < -0.39 is 23.1 Å². The quantitative estimate of drug-likeness (QED) is 0.439. The molecule has 12 unspecified atom stereocenters. The van der Waals surface area contributed by atoms with Crippen LogP contribution in [0.4, 0.5) is 0 Å². The third-order valence-electron chi connectivity index (χ3n) is 13.0. The monoisotopic (exact) mass is 524 g/mol. The Balaban J connectivity index is 1.15. The second-order valence-corrected chi connectivity index (χ2v) is 13.8. The van der Waals surface area contributed by atoms with E-state index in [-0.39, 0.29) is 53.2 Å². The van der Waals surface area contributed by atoms with Crippen LogP contribution in [0.1, 0.15) is 73.1 Å². The number of epoxide rings is 1. The van der Waals surface area contributed by atoms with E-state index >= 15 is 0 Å². The predicted molar refractivity (Wildman–Crippen MR) is 136 cm³/mol. The van der Waals surface area contributed by atoms with Gasteiger partial charge >= 0.3 is 11.9 Å². The first-order valence-corrected chi connectivity index (χ1v) is 14.6. The molecule has 1 saturated heterocycles. The Kier molecular flexibility index (Phi) is 5.00. The number of aliphatic hydroxyl groups excluding tert-OH is 1. The van der Waals surface area contributed by atoms with Crippen LogP contribution in [0.5, 0.6) is 0 Å². The largest absolute Gasteiger partial charge is 0.461 e. The van der Waals surface area contributed by atoms with Gasteiger partial charge in [0.05, 0.1) is 17.1 Å². The highest BCUT2D eigenvalue weighted by Crippen LogP contribution is 2.91. The first kappa shape index (κ1) is 25.0. The van der Waals surface area contributed by atoms with E-state index in [4.69, 9.17) is 14.2 Å². The van der Waals surface area contributed by atoms with Gasteiger partial charge < -0.3 is 19.3 Å². The number of hydrogen-bond donors (Lipinski definition) is 1. The molecule has 7 rings (SSSR count). The molecule has 5 aliphatic carbocycles. The number of cyclic esters (lactones) is 1. The van der Waals surface area contributed by atoms with Crippen LogP contribution in [-0.4, -0.2) is 53.3 Å². The van der Waals surface area contributed by atoms with Gasteiger partial charge in [0.2, 0.25) is 0 Å². The summed E-state index contributed by atoms with van der Waals surface area (Å²) in [5.41, 5.74) is 0.196. The minimum absolute atomic E-state index is 0.0264. The average Bonchev–Trinajstić information content (AvgIpc) is 3.67. The Morgan fingerprint density at radius 3 is 2.71 bits per heavy atom. The van der Waals surface area contributed by atoms with E-state index in [1.807, 2.05) is 6.92 Å². The van der Waals surface area contributed by atoms with Crippen LogP contribution in [0.3, 0.4) is 0 Å². The summed E-state index contributed by atoms with van der Waals surface area (Å²) in [5, 5.41) is 11.0. The normalized spacial score (nSPS) is 52.6. The fourth-order valence-electron chi connectivity index (χ4n) is 11.4. The first-order valence-electron chi connectivity index (χ1n) is 14.6. The second-order valence-electron chi connectivity index (χ2n) is 13.8. The molecule has 0 aromatic rings. The molecule has 7 heteroatoms. The van der Waals surface area contributed by atoms with Crippen LogP contribution >= 0.6 is 0 Å². The molecule has 7 nitrogen and oxygen atoms in total. The Hall–Kier alpha value is -1.99. The molecular formula is C31H40O7. The van der Waals surface area contributed by atoms with E-state index in [0.29, 0.717) is 29.7 Å². The number of ether oxygens (including phenoxy) is 3. The van der Waals surface area contributed by atoms with Gasteiger partial charge in [0, 0.05) is 13.3 Å². The Bertz CT molecular complexity index is 1200. The lowest BCUT2D eigenvalue weighted by Crippen LogP contribution is -2.57. The SMILES string of the molecule is CC(=O)OCC1=C(C)CC(C(C)C2CCC3C4CC5OC56C(O)C=CC(=O)C65C(C)C45CCC23C)OC1=O. The van der Waals surface area contributed by atoms with Gasteiger partial charge in [0.15, 0.2) is 5.78 Å². The number of allylic oxidation sites excluding steroid dienone is 1. The molecule has 12 atom stereocenters. The van der Waals surface area contributed by atoms with E-state index in [9.17, 15) is 19.5 Å². The molecule has 206 valence electrons. The van der Waals surface area contributed by atoms with E-state index in [0.717, 1.165) is 37.7 Å². The highest BCUT2D eigenvalue weighted by atomic mass is 16.6. The fraction of sp³-hybridized carbons (Fsp3) is 0.774. The van der Waals surface area contributed by atoms with Crippen molar-refractivity contribution in [3.05, 3.63) is 23.3 Å². The van der Waals surface area contributed by atoms with Gasteiger partial charge in [0.25, 0.3) is 0 Å². The number of hydrogen-bond acceptors (Lipinski definition) is 7. The van der Waals surface area contributed by atoms with Gasteiger partial charge in [-0.2, -0.15) is 0 Å². The Labute approximate surface area is 224 Å². The van der Waals surface area contributed by atoms with Crippen molar-refractivity contribution in [3.63, 3.8) is 0 Å². The van der Waals surface area contributed by atoms with Crippen molar-refractivity contribution < 1.29 is 33.7 Å². The zero-order valence-corrected chi connectivity index (χ0v) is 23.1. The van der Waals surface area contributed by atoms with Gasteiger partial charge in [-0.3, -0.25) is 9.59 Å². The van der Waals surface area contributed by atoms with Gasteiger partial charge in [0.1, 0.15) is 24.4 Å². The molecule has 0 bridgehead atoms. The second kappa shape index (κ2) is 7.60. The Morgan fingerprint density at radius 2 is 2.00 bits per heavy atom. The molecule has 2 heterocycles. The van der Waals surface area contributed by atoms with Crippen LogP contribution in [0.2, 0.25) is 0 Å². The van der Waals surface area contributed by atoms with Crippen molar-refractivity contribution in [2.75, 3.05) is 6.61 Å². The molecule has 2 aliphatic heterocycles. The summed E-state index contributed by atoms with van der Waals surface area (Å²) in [6, 6.07) is 0. The molecule has 0 aromatic heterocycles. The number of carbonyl (C=O) groups excluding carboxylic acids is 3. The molecule has 0 aromatic carbocycles. The van der Waals surface area contributed by atoms with Crippen LogP contribution < -0.4 is 0 Å². The first-order chi connectivity index (χ1) is 18.0. The standard InChI is InChI=1S/C31H40O7/c1-15-12-23(37-27(35)19(15)14-36-18(4)32)16(2)20-6-7-21-22-13-26-31(38-26)25(34)9-8-24(33)30(31)17(3)29(22,30)11-10-28(20,21)5/h8-9,16-17,20-23,25-26,34H,6-7,10-14H2,1-5H3. The van der Waals surface area contributed by atoms with E-state index in [1.165, 1.54) is 6.92 Å². The summed E-state index contributed by atoms with van der Waals surface area (Å²) < 4.78 is 17.4. The smallest absolute Gasteiger partial charge is 0.337 e. The summed E-state index contributed by atoms with van der Waals surface area (Å²) in [7, 11) is 0. The van der Waals surface area contributed by atoms with Gasteiger partial charge in [-0.25, -0.2) is 4.79 Å². The van der Waals surface area contributed by atoms with Crippen molar-refractivity contribution in [1.29, 1.82) is 0 Å². The fourth-order valence-corrected chi connectivity index (χ4v) is 11.4. The van der Waals surface area contributed by atoms with Crippen LogP contribution in [-0.2, 0) is 28.6 Å². The molecule has 38 heavy (non-hydrogen) atoms. The van der Waals surface area contributed by atoms with Crippen molar-refractivity contribution >= 4 is 17.7 Å². The topological polar surface area (TPSA) is 102 Å². The molecule has 5 fully saturated rings. The van der Waals surface area contributed by atoms with Gasteiger partial charge in [-0.1, -0.05) is 26.3 Å². The Morgan fingerprint density at radius 1 is 1.24 bits per heavy atom. The minimum atomic E-state index is -0.697.